The molecule has 17 heavy (non-hydrogen) atoms. The van der Waals surface area contributed by atoms with Crippen molar-refractivity contribution in [3.8, 4) is 5.75 Å². The zero-order valence-electron chi connectivity index (χ0n) is 10.2. The summed E-state index contributed by atoms with van der Waals surface area (Å²) in [7, 11) is 1.42. The molecule has 1 fully saturated rings. The van der Waals surface area contributed by atoms with Crippen molar-refractivity contribution in [2.24, 2.45) is 0 Å². The molecule has 2 N–H and O–H groups in total. The summed E-state index contributed by atoms with van der Waals surface area (Å²) in [4.78, 5) is 0. The van der Waals surface area contributed by atoms with Gasteiger partial charge in [-0.05, 0) is 37.5 Å². The van der Waals surface area contributed by atoms with Gasteiger partial charge in [-0.25, -0.2) is 4.39 Å². The van der Waals surface area contributed by atoms with Gasteiger partial charge in [-0.15, -0.1) is 0 Å². The molecule has 0 bridgehead atoms. The summed E-state index contributed by atoms with van der Waals surface area (Å²) in [6, 6.07) is 5.07. The van der Waals surface area contributed by atoms with Crippen molar-refractivity contribution in [2.75, 3.05) is 13.7 Å². The second-order valence-corrected chi connectivity index (χ2v) is 4.78. The minimum atomic E-state index is -1.06. The fraction of sp³-hybridized carbons (Fsp3) is 0.538. The number of rotatable bonds is 5. The average Bonchev–Trinajstić information content (AvgIpc) is 3.10. The normalized spacial score (nSPS) is 18.8. The molecule has 0 saturated heterocycles. The van der Waals surface area contributed by atoms with E-state index in [0.29, 0.717) is 18.2 Å². The number of halogens is 1. The Balaban J connectivity index is 2.10. The summed E-state index contributed by atoms with van der Waals surface area (Å²) in [5.74, 6) is -0.253. The first-order valence-electron chi connectivity index (χ1n) is 5.83. The van der Waals surface area contributed by atoms with Gasteiger partial charge in [0.1, 0.15) is 0 Å². The lowest BCUT2D eigenvalue weighted by Gasteiger charge is -2.24. The van der Waals surface area contributed by atoms with E-state index in [1.165, 1.54) is 19.2 Å². The molecular weight excluding hydrogens is 221 g/mol. The van der Waals surface area contributed by atoms with E-state index in [9.17, 15) is 9.50 Å². The molecule has 94 valence electrons. The van der Waals surface area contributed by atoms with E-state index in [1.54, 1.807) is 13.0 Å². The van der Waals surface area contributed by atoms with E-state index < -0.39 is 11.4 Å². The molecule has 0 spiro atoms. The van der Waals surface area contributed by atoms with Gasteiger partial charge < -0.3 is 15.2 Å². The van der Waals surface area contributed by atoms with Crippen molar-refractivity contribution in [3.63, 3.8) is 0 Å². The Bertz CT molecular complexity index is 402. The maximum absolute atomic E-state index is 13.5. The Morgan fingerprint density at radius 3 is 2.76 bits per heavy atom. The van der Waals surface area contributed by atoms with Gasteiger partial charge >= 0.3 is 0 Å². The SMILES string of the molecule is COc1ccc(C(C)(O)CNC2CC2)cc1F. The number of hydrogen-bond acceptors (Lipinski definition) is 3. The van der Waals surface area contributed by atoms with Crippen molar-refractivity contribution in [3.05, 3.63) is 29.6 Å². The summed E-state index contributed by atoms with van der Waals surface area (Å²) in [5.41, 5.74) is -0.501. The monoisotopic (exact) mass is 239 g/mol. The van der Waals surface area contributed by atoms with Crippen LogP contribution in [0.25, 0.3) is 0 Å². The molecule has 0 aliphatic heterocycles. The molecule has 0 amide bonds. The molecule has 4 heteroatoms. The van der Waals surface area contributed by atoms with Crippen molar-refractivity contribution in [2.45, 2.75) is 31.4 Å². The predicted octanol–water partition coefficient (Wildman–Crippen LogP) is 1.79. The van der Waals surface area contributed by atoms with Crippen LogP contribution in [0.5, 0.6) is 5.75 Å². The van der Waals surface area contributed by atoms with Crippen LogP contribution in [0.2, 0.25) is 0 Å². The number of methoxy groups -OCH3 is 1. The molecule has 1 aromatic carbocycles. The quantitative estimate of drug-likeness (QED) is 0.823. The van der Waals surface area contributed by atoms with Crippen molar-refractivity contribution in [1.29, 1.82) is 0 Å². The summed E-state index contributed by atoms with van der Waals surface area (Å²) in [5, 5.41) is 13.5. The maximum Gasteiger partial charge on any atom is 0.165 e. The molecular formula is C13H18FNO2. The molecule has 3 nitrogen and oxygen atoms in total. The van der Waals surface area contributed by atoms with Gasteiger partial charge in [-0.1, -0.05) is 6.07 Å². The third kappa shape index (κ3) is 2.96. The molecule has 1 aliphatic rings. The first-order chi connectivity index (χ1) is 8.03. The van der Waals surface area contributed by atoms with Crippen LogP contribution in [0.3, 0.4) is 0 Å². The Kier molecular flexibility index (Phi) is 3.35. The maximum atomic E-state index is 13.5. The summed E-state index contributed by atoms with van der Waals surface area (Å²) in [6.45, 7) is 2.12. The van der Waals surface area contributed by atoms with Crippen LogP contribution in [-0.4, -0.2) is 24.8 Å². The fourth-order valence-electron chi connectivity index (χ4n) is 1.73. The predicted molar refractivity (Wildman–Crippen MR) is 63.5 cm³/mol. The third-order valence-corrected chi connectivity index (χ3v) is 3.09. The molecule has 2 rings (SSSR count). The Labute approximate surface area is 101 Å². The van der Waals surface area contributed by atoms with Gasteiger partial charge in [0, 0.05) is 12.6 Å². The summed E-state index contributed by atoms with van der Waals surface area (Å²) >= 11 is 0. The second-order valence-electron chi connectivity index (χ2n) is 4.78. The number of ether oxygens (including phenoxy) is 1. The third-order valence-electron chi connectivity index (χ3n) is 3.09. The highest BCUT2D eigenvalue weighted by atomic mass is 19.1. The van der Waals surface area contributed by atoms with Crippen LogP contribution < -0.4 is 10.1 Å². The van der Waals surface area contributed by atoms with E-state index in [4.69, 9.17) is 4.74 Å². The van der Waals surface area contributed by atoms with Crippen LogP contribution in [0.15, 0.2) is 18.2 Å². The topological polar surface area (TPSA) is 41.5 Å². The Morgan fingerprint density at radius 2 is 2.24 bits per heavy atom. The number of benzene rings is 1. The zero-order valence-corrected chi connectivity index (χ0v) is 10.2. The highest BCUT2D eigenvalue weighted by Crippen LogP contribution is 2.27. The average molecular weight is 239 g/mol. The van der Waals surface area contributed by atoms with Crippen LogP contribution >= 0.6 is 0 Å². The van der Waals surface area contributed by atoms with Crippen molar-refractivity contribution in [1.82, 2.24) is 5.32 Å². The van der Waals surface area contributed by atoms with E-state index in [2.05, 4.69) is 5.32 Å². The van der Waals surface area contributed by atoms with Gasteiger partial charge in [0.25, 0.3) is 0 Å². The van der Waals surface area contributed by atoms with Gasteiger partial charge in [0.2, 0.25) is 0 Å². The smallest absolute Gasteiger partial charge is 0.165 e. The van der Waals surface area contributed by atoms with Crippen LogP contribution in [0.1, 0.15) is 25.3 Å². The fourth-order valence-corrected chi connectivity index (χ4v) is 1.73. The number of nitrogens with one attached hydrogen (secondary N) is 1. The zero-order chi connectivity index (χ0) is 12.5. The number of aliphatic hydroxyl groups is 1. The van der Waals surface area contributed by atoms with Crippen LogP contribution in [-0.2, 0) is 5.60 Å². The minimum absolute atomic E-state index is 0.194. The molecule has 0 radical (unpaired) electrons. The van der Waals surface area contributed by atoms with Crippen molar-refractivity contribution < 1.29 is 14.2 Å². The minimum Gasteiger partial charge on any atom is -0.494 e. The van der Waals surface area contributed by atoms with E-state index in [0.717, 1.165) is 12.8 Å². The van der Waals surface area contributed by atoms with Crippen molar-refractivity contribution >= 4 is 0 Å². The first kappa shape index (κ1) is 12.3. The molecule has 1 saturated carbocycles. The standard InChI is InChI=1S/C13H18FNO2/c1-13(16,8-15-10-4-5-10)9-3-6-12(17-2)11(14)7-9/h3,6-7,10,15-16H,4-5,8H2,1-2H3. The first-order valence-corrected chi connectivity index (χ1v) is 5.83. The summed E-state index contributed by atoms with van der Waals surface area (Å²) < 4.78 is 18.4. The van der Waals surface area contributed by atoms with E-state index in [-0.39, 0.29) is 5.75 Å². The lowest BCUT2D eigenvalue weighted by Crippen LogP contribution is -2.36. The van der Waals surface area contributed by atoms with Gasteiger partial charge in [-0.3, -0.25) is 0 Å². The Morgan fingerprint density at radius 1 is 1.53 bits per heavy atom. The lowest BCUT2D eigenvalue weighted by atomic mass is 9.95. The molecule has 1 unspecified atom stereocenters. The lowest BCUT2D eigenvalue weighted by molar-refractivity contribution is 0.0562. The van der Waals surface area contributed by atoms with Gasteiger partial charge in [0.05, 0.1) is 12.7 Å². The van der Waals surface area contributed by atoms with Crippen LogP contribution in [0, 0.1) is 5.82 Å². The van der Waals surface area contributed by atoms with E-state index >= 15 is 0 Å². The molecule has 1 atom stereocenters. The van der Waals surface area contributed by atoms with E-state index in [1.807, 2.05) is 0 Å². The Hall–Kier alpha value is -1.13. The second kappa shape index (κ2) is 4.63. The molecule has 1 aliphatic carbocycles. The van der Waals surface area contributed by atoms with Gasteiger partial charge in [0.15, 0.2) is 11.6 Å². The van der Waals surface area contributed by atoms with Gasteiger partial charge in [-0.2, -0.15) is 0 Å². The largest absolute Gasteiger partial charge is 0.494 e. The molecule has 0 aromatic heterocycles. The molecule has 0 heterocycles. The number of hydrogen-bond donors (Lipinski definition) is 2. The molecule has 1 aromatic rings. The highest BCUT2D eigenvalue weighted by Gasteiger charge is 2.28. The highest BCUT2D eigenvalue weighted by molar-refractivity contribution is 5.32. The summed E-state index contributed by atoms with van der Waals surface area (Å²) in [6.07, 6.45) is 2.32. The van der Waals surface area contributed by atoms with Crippen LogP contribution in [0.4, 0.5) is 4.39 Å².